The quantitative estimate of drug-likeness (QED) is 0.757. The fourth-order valence-corrected chi connectivity index (χ4v) is 1.45. The van der Waals surface area contributed by atoms with Gasteiger partial charge in [0.2, 0.25) is 5.91 Å². The smallest absolute Gasteiger partial charge is 0.248 e. The number of carbonyl (C=O) groups is 1. The second-order valence-corrected chi connectivity index (χ2v) is 3.77. The number of nitrogens with zero attached hydrogens (tertiary/aromatic N) is 1. The maximum Gasteiger partial charge on any atom is 0.248 e. The van der Waals surface area contributed by atoms with Crippen LogP contribution < -0.4 is 11.1 Å². The Morgan fingerprint density at radius 2 is 2.44 bits per heavy atom. The Labute approximate surface area is 91.8 Å². The zero-order valence-electron chi connectivity index (χ0n) is 8.57. The number of rotatable bonds is 2. The van der Waals surface area contributed by atoms with E-state index in [1.807, 2.05) is 0 Å². The molecule has 1 fully saturated rings. The molecule has 0 bridgehead atoms. The summed E-state index contributed by atoms with van der Waals surface area (Å²) in [6.45, 7) is 0.667. The molecule has 0 radical (unpaired) electrons. The summed E-state index contributed by atoms with van der Waals surface area (Å²) in [6, 6.07) is 2.60. The number of amides is 1. The summed E-state index contributed by atoms with van der Waals surface area (Å²) in [7, 11) is 0. The molecule has 1 unspecified atom stereocenters. The van der Waals surface area contributed by atoms with Gasteiger partial charge in [-0.25, -0.2) is 9.37 Å². The van der Waals surface area contributed by atoms with Crippen LogP contribution in [0.3, 0.4) is 0 Å². The van der Waals surface area contributed by atoms with Crippen molar-refractivity contribution in [2.24, 2.45) is 5.73 Å². The van der Waals surface area contributed by atoms with Crippen molar-refractivity contribution < 1.29 is 13.9 Å². The summed E-state index contributed by atoms with van der Waals surface area (Å²) in [6.07, 6.45) is 1.50. The van der Waals surface area contributed by atoms with Gasteiger partial charge in [-0.1, -0.05) is 0 Å². The Kier molecular flexibility index (Phi) is 2.84. The lowest BCUT2D eigenvalue weighted by atomic mass is 9.99. The maximum atomic E-state index is 12.6. The molecular weight excluding hydrogens is 213 g/mol. The molecule has 3 N–H and O–H groups in total. The van der Waals surface area contributed by atoms with Crippen molar-refractivity contribution in [2.45, 2.75) is 12.0 Å². The predicted octanol–water partition coefficient (Wildman–Crippen LogP) is 0.277. The van der Waals surface area contributed by atoms with Gasteiger partial charge in [0.05, 0.1) is 12.8 Å². The van der Waals surface area contributed by atoms with Crippen molar-refractivity contribution in [1.29, 1.82) is 0 Å². The van der Waals surface area contributed by atoms with Gasteiger partial charge in [0, 0.05) is 6.61 Å². The van der Waals surface area contributed by atoms with E-state index in [2.05, 4.69) is 10.3 Å². The van der Waals surface area contributed by atoms with Crippen molar-refractivity contribution in [1.82, 2.24) is 4.98 Å². The number of pyridine rings is 1. The van der Waals surface area contributed by atoms with Gasteiger partial charge in [-0.05, 0) is 18.6 Å². The molecule has 1 aromatic rings. The molecular formula is C10H12FN3O2. The number of anilines is 1. The van der Waals surface area contributed by atoms with Gasteiger partial charge in [-0.3, -0.25) is 4.79 Å². The van der Waals surface area contributed by atoms with Gasteiger partial charge >= 0.3 is 0 Å². The predicted molar refractivity (Wildman–Crippen MR) is 55.2 cm³/mol. The van der Waals surface area contributed by atoms with E-state index in [0.29, 0.717) is 13.0 Å². The number of carbonyl (C=O) groups excluding carboxylic acids is 1. The third-order valence-corrected chi connectivity index (χ3v) is 2.47. The first-order valence-electron chi connectivity index (χ1n) is 4.90. The van der Waals surface area contributed by atoms with E-state index < -0.39 is 11.4 Å². The summed E-state index contributed by atoms with van der Waals surface area (Å²) in [5, 5.41) is 2.53. The Balaban J connectivity index is 2.04. The molecule has 86 valence electrons. The molecule has 0 saturated carbocycles. The van der Waals surface area contributed by atoms with E-state index >= 15 is 0 Å². The minimum atomic E-state index is -1.00. The van der Waals surface area contributed by atoms with Gasteiger partial charge in [-0.2, -0.15) is 0 Å². The zero-order chi connectivity index (χ0) is 11.6. The molecule has 2 rings (SSSR count). The first-order valence-corrected chi connectivity index (χ1v) is 4.90. The maximum absolute atomic E-state index is 12.6. The van der Waals surface area contributed by atoms with Gasteiger partial charge in [0.15, 0.2) is 0 Å². The third-order valence-electron chi connectivity index (χ3n) is 2.47. The van der Waals surface area contributed by atoms with Crippen molar-refractivity contribution in [2.75, 3.05) is 18.5 Å². The standard InChI is InChI=1S/C10H12FN3O2/c11-7-1-2-8(13-5-7)14-9(15)10(12)3-4-16-6-10/h1-2,5H,3-4,6,12H2,(H,13,14,15). The fourth-order valence-electron chi connectivity index (χ4n) is 1.45. The lowest BCUT2D eigenvalue weighted by Crippen LogP contribution is -2.51. The Hall–Kier alpha value is -1.53. The monoisotopic (exact) mass is 225 g/mol. The van der Waals surface area contributed by atoms with Crippen molar-refractivity contribution in [3.63, 3.8) is 0 Å². The van der Waals surface area contributed by atoms with Crippen LogP contribution in [-0.2, 0) is 9.53 Å². The van der Waals surface area contributed by atoms with Crippen LogP contribution in [0.1, 0.15) is 6.42 Å². The minimum Gasteiger partial charge on any atom is -0.379 e. The van der Waals surface area contributed by atoms with Gasteiger partial charge in [-0.15, -0.1) is 0 Å². The van der Waals surface area contributed by atoms with E-state index in [0.717, 1.165) is 6.20 Å². The highest BCUT2D eigenvalue weighted by Gasteiger charge is 2.38. The van der Waals surface area contributed by atoms with Crippen LogP contribution in [0.25, 0.3) is 0 Å². The number of aromatic nitrogens is 1. The van der Waals surface area contributed by atoms with E-state index in [1.165, 1.54) is 12.1 Å². The number of halogens is 1. The van der Waals surface area contributed by atoms with Gasteiger partial charge in [0.25, 0.3) is 0 Å². The number of nitrogens with one attached hydrogen (secondary N) is 1. The Morgan fingerprint density at radius 1 is 1.62 bits per heavy atom. The second-order valence-electron chi connectivity index (χ2n) is 3.77. The van der Waals surface area contributed by atoms with Crippen LogP contribution in [0, 0.1) is 5.82 Å². The van der Waals surface area contributed by atoms with Crippen molar-refractivity contribution in [3.8, 4) is 0 Å². The molecule has 0 spiro atoms. The summed E-state index contributed by atoms with van der Waals surface area (Å²) in [5.74, 6) is -0.531. The summed E-state index contributed by atoms with van der Waals surface area (Å²) in [5.41, 5.74) is 4.84. The van der Waals surface area contributed by atoms with Gasteiger partial charge in [0.1, 0.15) is 17.2 Å². The summed E-state index contributed by atoms with van der Waals surface area (Å²) in [4.78, 5) is 15.5. The zero-order valence-corrected chi connectivity index (χ0v) is 8.57. The fraction of sp³-hybridized carbons (Fsp3) is 0.400. The van der Waals surface area contributed by atoms with Crippen LogP contribution >= 0.6 is 0 Å². The average Bonchev–Trinajstić information content (AvgIpc) is 2.70. The van der Waals surface area contributed by atoms with Gasteiger partial charge < -0.3 is 15.8 Å². The third kappa shape index (κ3) is 2.17. The Morgan fingerprint density at radius 3 is 3.00 bits per heavy atom. The number of nitrogens with two attached hydrogens (primary N) is 1. The van der Waals surface area contributed by atoms with Crippen molar-refractivity contribution >= 4 is 11.7 Å². The van der Waals surface area contributed by atoms with Crippen LogP contribution in [0.2, 0.25) is 0 Å². The van der Waals surface area contributed by atoms with Crippen LogP contribution in [0.15, 0.2) is 18.3 Å². The van der Waals surface area contributed by atoms with E-state index in [4.69, 9.17) is 10.5 Å². The largest absolute Gasteiger partial charge is 0.379 e. The Bertz CT molecular complexity index is 388. The molecule has 16 heavy (non-hydrogen) atoms. The molecule has 2 heterocycles. The lowest BCUT2D eigenvalue weighted by Gasteiger charge is -2.19. The lowest BCUT2D eigenvalue weighted by molar-refractivity contribution is -0.121. The molecule has 1 aliphatic heterocycles. The number of ether oxygens (including phenoxy) is 1. The SMILES string of the molecule is NC1(C(=O)Nc2ccc(F)cn2)CCOC1. The molecule has 1 aliphatic rings. The second kappa shape index (κ2) is 4.15. The first kappa shape index (κ1) is 11.0. The highest BCUT2D eigenvalue weighted by Crippen LogP contribution is 2.17. The highest BCUT2D eigenvalue weighted by atomic mass is 19.1. The molecule has 1 saturated heterocycles. The topological polar surface area (TPSA) is 77.2 Å². The number of hydrogen-bond acceptors (Lipinski definition) is 4. The molecule has 0 aliphatic carbocycles. The van der Waals surface area contributed by atoms with E-state index in [1.54, 1.807) is 0 Å². The molecule has 1 aromatic heterocycles. The summed E-state index contributed by atoms with van der Waals surface area (Å²) < 4.78 is 17.7. The van der Waals surface area contributed by atoms with E-state index in [-0.39, 0.29) is 18.3 Å². The van der Waals surface area contributed by atoms with Crippen LogP contribution in [0.4, 0.5) is 10.2 Å². The molecule has 1 amide bonds. The number of hydrogen-bond donors (Lipinski definition) is 2. The van der Waals surface area contributed by atoms with Crippen LogP contribution in [-0.4, -0.2) is 29.6 Å². The molecule has 5 nitrogen and oxygen atoms in total. The minimum absolute atomic E-state index is 0.194. The van der Waals surface area contributed by atoms with Crippen LogP contribution in [0.5, 0.6) is 0 Å². The first-order chi connectivity index (χ1) is 7.60. The average molecular weight is 225 g/mol. The molecule has 0 aromatic carbocycles. The van der Waals surface area contributed by atoms with E-state index in [9.17, 15) is 9.18 Å². The summed E-state index contributed by atoms with van der Waals surface area (Å²) >= 11 is 0. The van der Waals surface area contributed by atoms with Crippen molar-refractivity contribution in [3.05, 3.63) is 24.1 Å². The normalized spacial score (nSPS) is 24.4. The molecule has 1 atom stereocenters. The highest BCUT2D eigenvalue weighted by molar-refractivity contribution is 5.97. The molecule has 6 heteroatoms.